The second-order valence-electron chi connectivity index (χ2n) is 6.05. The molecule has 3 aromatic rings. The number of rotatable bonds is 6. The average Bonchev–Trinajstić information content (AvgIpc) is 3.10. The molecule has 8 heteroatoms. The van der Waals surface area contributed by atoms with Crippen LogP contribution in [-0.4, -0.2) is 26.3 Å². The maximum atomic E-state index is 11.9. The van der Waals surface area contributed by atoms with E-state index in [1.165, 1.54) is 17.8 Å². The van der Waals surface area contributed by atoms with E-state index in [1.807, 2.05) is 38.1 Å². The van der Waals surface area contributed by atoms with Crippen molar-refractivity contribution in [3.8, 4) is 17.1 Å². The van der Waals surface area contributed by atoms with E-state index in [4.69, 9.17) is 9.26 Å². The van der Waals surface area contributed by atoms with Gasteiger partial charge in [-0.1, -0.05) is 24.2 Å². The van der Waals surface area contributed by atoms with E-state index < -0.39 is 11.2 Å². The summed E-state index contributed by atoms with van der Waals surface area (Å²) in [4.78, 5) is 29.9. The molecule has 0 radical (unpaired) electrons. The van der Waals surface area contributed by atoms with Crippen LogP contribution in [0.5, 0.6) is 5.75 Å². The van der Waals surface area contributed by atoms with Gasteiger partial charge < -0.3 is 13.8 Å². The van der Waals surface area contributed by atoms with E-state index in [-0.39, 0.29) is 17.3 Å². The molecule has 1 aromatic carbocycles. The number of hydrogen-bond donors (Lipinski definition) is 1. The van der Waals surface area contributed by atoms with Crippen LogP contribution in [0.15, 0.2) is 44.6 Å². The van der Waals surface area contributed by atoms with E-state index in [9.17, 15) is 9.59 Å². The van der Waals surface area contributed by atoms with Crippen molar-refractivity contribution in [1.82, 2.24) is 19.7 Å². The molecule has 0 aliphatic rings. The summed E-state index contributed by atoms with van der Waals surface area (Å²) < 4.78 is 12.0. The number of nitrogens with one attached hydrogen (secondary N) is 1. The van der Waals surface area contributed by atoms with Crippen molar-refractivity contribution in [2.75, 3.05) is 6.61 Å². The van der Waals surface area contributed by atoms with E-state index in [2.05, 4.69) is 15.1 Å². The number of nitrogens with zero attached hydrogens (tertiary/aromatic N) is 3. The highest BCUT2D eigenvalue weighted by atomic mass is 16.5. The number of H-pyrrole nitrogens is 1. The molecule has 0 saturated carbocycles. The SMILES string of the molecule is CCOc1ccc(CC(C)c2nc(-c3cn(C)c(=O)[nH]c3=O)no2)cc1. The summed E-state index contributed by atoms with van der Waals surface area (Å²) >= 11 is 0. The van der Waals surface area contributed by atoms with Gasteiger partial charge in [0.25, 0.3) is 5.56 Å². The van der Waals surface area contributed by atoms with E-state index in [1.54, 1.807) is 0 Å². The smallest absolute Gasteiger partial charge is 0.328 e. The maximum absolute atomic E-state index is 11.9. The molecule has 1 atom stereocenters. The first kappa shape index (κ1) is 17.7. The third-order valence-electron chi connectivity index (χ3n) is 3.99. The lowest BCUT2D eigenvalue weighted by atomic mass is 10.0. The Morgan fingerprint density at radius 3 is 2.69 bits per heavy atom. The van der Waals surface area contributed by atoms with Crippen molar-refractivity contribution < 1.29 is 9.26 Å². The van der Waals surface area contributed by atoms with E-state index >= 15 is 0 Å². The van der Waals surface area contributed by atoms with Gasteiger partial charge in [-0.2, -0.15) is 4.98 Å². The molecule has 0 aliphatic heterocycles. The topological polar surface area (TPSA) is 103 Å². The van der Waals surface area contributed by atoms with Crippen LogP contribution in [0.4, 0.5) is 0 Å². The molecule has 8 nitrogen and oxygen atoms in total. The summed E-state index contributed by atoms with van der Waals surface area (Å²) in [6.07, 6.45) is 2.10. The zero-order chi connectivity index (χ0) is 18.7. The van der Waals surface area contributed by atoms with Gasteiger partial charge in [0.1, 0.15) is 11.3 Å². The van der Waals surface area contributed by atoms with Crippen molar-refractivity contribution in [2.24, 2.45) is 7.05 Å². The van der Waals surface area contributed by atoms with Gasteiger partial charge in [-0.3, -0.25) is 9.78 Å². The summed E-state index contributed by atoms with van der Waals surface area (Å²) in [5.41, 5.74) is 0.266. The summed E-state index contributed by atoms with van der Waals surface area (Å²) in [6, 6.07) is 7.84. The largest absolute Gasteiger partial charge is 0.494 e. The highest BCUT2D eigenvalue weighted by molar-refractivity contribution is 5.50. The molecule has 3 rings (SSSR count). The standard InChI is InChI=1S/C18H20N4O4/c1-4-25-13-7-5-12(6-8-13)9-11(2)17-19-15(21-26-17)14-10-22(3)18(24)20-16(14)23/h5-8,10-11H,4,9H2,1-3H3,(H,20,23,24). The predicted molar refractivity (Wildman–Crippen MR) is 95.3 cm³/mol. The second-order valence-corrected chi connectivity index (χ2v) is 6.05. The molecule has 26 heavy (non-hydrogen) atoms. The number of hydrogen-bond acceptors (Lipinski definition) is 6. The van der Waals surface area contributed by atoms with Crippen LogP contribution in [0.2, 0.25) is 0 Å². The summed E-state index contributed by atoms with van der Waals surface area (Å²) in [7, 11) is 1.54. The molecule has 0 bridgehead atoms. The minimum atomic E-state index is -0.542. The Bertz CT molecular complexity index is 1000. The highest BCUT2D eigenvalue weighted by Gasteiger charge is 2.18. The lowest BCUT2D eigenvalue weighted by Crippen LogP contribution is -2.28. The Morgan fingerprint density at radius 1 is 1.27 bits per heavy atom. The molecule has 1 N–H and O–H groups in total. The lowest BCUT2D eigenvalue weighted by Gasteiger charge is -2.08. The Hall–Kier alpha value is -3.16. The van der Waals surface area contributed by atoms with Gasteiger partial charge in [-0.25, -0.2) is 4.79 Å². The van der Waals surface area contributed by atoms with Crippen molar-refractivity contribution in [3.63, 3.8) is 0 Å². The monoisotopic (exact) mass is 356 g/mol. The van der Waals surface area contributed by atoms with Crippen molar-refractivity contribution >= 4 is 0 Å². The molecule has 2 heterocycles. The summed E-state index contributed by atoms with van der Waals surface area (Å²) in [6.45, 7) is 4.54. The molecule has 0 amide bonds. The second kappa shape index (κ2) is 7.38. The Morgan fingerprint density at radius 2 is 2.00 bits per heavy atom. The zero-order valence-corrected chi connectivity index (χ0v) is 14.9. The van der Waals surface area contributed by atoms with Crippen LogP contribution in [-0.2, 0) is 13.5 Å². The average molecular weight is 356 g/mol. The molecule has 0 fully saturated rings. The maximum Gasteiger partial charge on any atom is 0.328 e. The fraction of sp³-hybridized carbons (Fsp3) is 0.333. The minimum Gasteiger partial charge on any atom is -0.494 e. The Balaban J connectivity index is 1.78. The van der Waals surface area contributed by atoms with Gasteiger partial charge in [0, 0.05) is 19.2 Å². The minimum absolute atomic E-state index is 0.0270. The summed E-state index contributed by atoms with van der Waals surface area (Å²) in [5.74, 6) is 1.40. The van der Waals surface area contributed by atoms with Gasteiger partial charge in [-0.15, -0.1) is 0 Å². The van der Waals surface area contributed by atoms with Gasteiger partial charge in [-0.05, 0) is 31.0 Å². The highest BCUT2D eigenvalue weighted by Crippen LogP contribution is 2.22. The van der Waals surface area contributed by atoms with Crippen LogP contribution in [0.3, 0.4) is 0 Å². The number of ether oxygens (including phenoxy) is 1. The summed E-state index contributed by atoms with van der Waals surface area (Å²) in [5, 5.41) is 3.88. The molecular weight excluding hydrogens is 336 g/mol. The van der Waals surface area contributed by atoms with Gasteiger partial charge in [0.15, 0.2) is 0 Å². The van der Waals surface area contributed by atoms with Gasteiger partial charge in [0.05, 0.1) is 6.61 Å². The normalized spacial score (nSPS) is 12.1. The lowest BCUT2D eigenvalue weighted by molar-refractivity contribution is 0.340. The van der Waals surface area contributed by atoms with Crippen LogP contribution in [0.25, 0.3) is 11.4 Å². The molecule has 136 valence electrons. The van der Waals surface area contributed by atoms with Crippen LogP contribution >= 0.6 is 0 Å². The first-order valence-electron chi connectivity index (χ1n) is 8.33. The zero-order valence-electron chi connectivity index (χ0n) is 14.9. The third kappa shape index (κ3) is 3.74. The number of aromatic amines is 1. The third-order valence-corrected chi connectivity index (χ3v) is 3.99. The quantitative estimate of drug-likeness (QED) is 0.723. The van der Waals surface area contributed by atoms with E-state index in [0.717, 1.165) is 11.3 Å². The first-order chi connectivity index (χ1) is 12.5. The molecular formula is C18H20N4O4. The van der Waals surface area contributed by atoms with Crippen LogP contribution in [0, 0.1) is 0 Å². The fourth-order valence-electron chi connectivity index (χ4n) is 2.60. The van der Waals surface area contributed by atoms with Crippen molar-refractivity contribution in [2.45, 2.75) is 26.2 Å². The van der Waals surface area contributed by atoms with E-state index in [0.29, 0.717) is 18.9 Å². The molecule has 0 spiro atoms. The molecule has 1 unspecified atom stereocenters. The molecule has 2 aromatic heterocycles. The Kier molecular flexibility index (Phi) is 5.01. The van der Waals surface area contributed by atoms with Crippen molar-refractivity contribution in [3.05, 3.63) is 62.8 Å². The number of aryl methyl sites for hydroxylation is 1. The van der Waals surface area contributed by atoms with Gasteiger partial charge in [0.2, 0.25) is 11.7 Å². The van der Waals surface area contributed by atoms with Crippen LogP contribution < -0.4 is 16.0 Å². The first-order valence-corrected chi connectivity index (χ1v) is 8.33. The fourth-order valence-corrected chi connectivity index (χ4v) is 2.60. The number of aromatic nitrogens is 4. The van der Waals surface area contributed by atoms with Gasteiger partial charge >= 0.3 is 5.69 Å². The number of benzene rings is 1. The molecule has 0 aliphatic carbocycles. The predicted octanol–water partition coefficient (Wildman–Crippen LogP) is 1.87. The van der Waals surface area contributed by atoms with Crippen LogP contribution in [0.1, 0.15) is 31.2 Å². The molecule has 0 saturated heterocycles. The Labute approximate surface area is 149 Å². The van der Waals surface area contributed by atoms with Crippen molar-refractivity contribution in [1.29, 1.82) is 0 Å².